The van der Waals surface area contributed by atoms with E-state index in [-0.39, 0.29) is 0 Å². The summed E-state index contributed by atoms with van der Waals surface area (Å²) in [5.41, 5.74) is 2.64. The van der Waals surface area contributed by atoms with Crippen molar-refractivity contribution >= 4 is 11.6 Å². The highest BCUT2D eigenvalue weighted by atomic mass is 35.5. The van der Waals surface area contributed by atoms with Crippen molar-refractivity contribution in [3.63, 3.8) is 0 Å². The molecule has 112 valence electrons. The largest absolute Gasteiger partial charge is 0.314 e. The van der Waals surface area contributed by atoms with E-state index in [1.54, 1.807) is 0 Å². The number of rotatable bonds is 8. The summed E-state index contributed by atoms with van der Waals surface area (Å²) in [5, 5.41) is 4.46. The normalized spacial score (nSPS) is 12.3. The van der Waals surface area contributed by atoms with Crippen LogP contribution in [0.3, 0.4) is 0 Å². The van der Waals surface area contributed by atoms with E-state index < -0.39 is 0 Å². The van der Waals surface area contributed by atoms with Gasteiger partial charge in [0.15, 0.2) is 0 Å². The maximum absolute atomic E-state index is 6.08. The highest BCUT2D eigenvalue weighted by Crippen LogP contribution is 2.14. The zero-order valence-corrected chi connectivity index (χ0v) is 13.3. The van der Waals surface area contributed by atoms with Crippen LogP contribution in [0.25, 0.3) is 0 Å². The molecule has 0 amide bonds. The van der Waals surface area contributed by atoms with Gasteiger partial charge in [-0.1, -0.05) is 30.7 Å². The summed E-state index contributed by atoms with van der Waals surface area (Å²) in [6.45, 7) is 3.26. The minimum atomic E-state index is 0.483. The average molecular weight is 303 g/mol. The molecule has 1 N–H and O–H groups in total. The lowest BCUT2D eigenvalue weighted by Gasteiger charge is -2.19. The summed E-state index contributed by atoms with van der Waals surface area (Å²) < 4.78 is 0. The van der Waals surface area contributed by atoms with Gasteiger partial charge >= 0.3 is 0 Å². The topological polar surface area (TPSA) is 24.9 Å². The molecule has 0 aliphatic heterocycles. The standard InChI is InChI=1S/C18H23ClN2/c1-2-10-21-18(7-6-15-8-11-20-12-9-15)14-16-4-3-5-17(19)13-16/h3-5,8-9,11-13,18,21H,2,6-7,10,14H2,1H3. The Hall–Kier alpha value is -1.38. The second kappa shape index (κ2) is 8.81. The van der Waals surface area contributed by atoms with Gasteiger partial charge < -0.3 is 5.32 Å². The smallest absolute Gasteiger partial charge is 0.0408 e. The number of benzene rings is 1. The van der Waals surface area contributed by atoms with Gasteiger partial charge in [-0.05, 0) is 67.6 Å². The lowest BCUT2D eigenvalue weighted by Crippen LogP contribution is -2.32. The third kappa shape index (κ3) is 5.86. The average Bonchev–Trinajstić information content (AvgIpc) is 2.51. The SMILES string of the molecule is CCCNC(CCc1ccncc1)Cc1cccc(Cl)c1. The van der Waals surface area contributed by atoms with Crippen molar-refractivity contribution in [1.29, 1.82) is 0 Å². The highest BCUT2D eigenvalue weighted by Gasteiger charge is 2.09. The van der Waals surface area contributed by atoms with Crippen molar-refractivity contribution < 1.29 is 0 Å². The van der Waals surface area contributed by atoms with Gasteiger partial charge in [-0.25, -0.2) is 0 Å². The van der Waals surface area contributed by atoms with Crippen LogP contribution in [0.5, 0.6) is 0 Å². The monoisotopic (exact) mass is 302 g/mol. The van der Waals surface area contributed by atoms with Gasteiger partial charge in [0.1, 0.15) is 0 Å². The number of nitrogens with zero attached hydrogens (tertiary/aromatic N) is 1. The molecule has 0 spiro atoms. The summed E-state index contributed by atoms with van der Waals surface area (Å²) in [6, 6.07) is 12.8. The molecule has 1 heterocycles. The molecular weight excluding hydrogens is 280 g/mol. The minimum Gasteiger partial charge on any atom is -0.314 e. The number of hydrogen-bond acceptors (Lipinski definition) is 2. The zero-order valence-electron chi connectivity index (χ0n) is 12.6. The Balaban J connectivity index is 1.94. The number of halogens is 1. The Morgan fingerprint density at radius 1 is 1.14 bits per heavy atom. The number of nitrogens with one attached hydrogen (secondary N) is 1. The van der Waals surface area contributed by atoms with E-state index in [4.69, 9.17) is 11.6 Å². The van der Waals surface area contributed by atoms with Crippen molar-refractivity contribution in [2.45, 2.75) is 38.6 Å². The molecule has 0 radical (unpaired) electrons. The number of hydrogen-bond donors (Lipinski definition) is 1. The molecule has 0 fully saturated rings. The maximum atomic E-state index is 6.08. The number of aryl methyl sites for hydroxylation is 1. The highest BCUT2D eigenvalue weighted by molar-refractivity contribution is 6.30. The third-order valence-corrected chi connectivity index (χ3v) is 3.82. The predicted molar refractivity (Wildman–Crippen MR) is 89.8 cm³/mol. The van der Waals surface area contributed by atoms with Crippen LogP contribution in [0.1, 0.15) is 30.9 Å². The molecule has 0 aliphatic carbocycles. The lowest BCUT2D eigenvalue weighted by atomic mass is 9.99. The van der Waals surface area contributed by atoms with Crippen LogP contribution in [-0.2, 0) is 12.8 Å². The van der Waals surface area contributed by atoms with Crippen LogP contribution in [0.2, 0.25) is 5.02 Å². The quantitative estimate of drug-likeness (QED) is 0.787. The minimum absolute atomic E-state index is 0.483. The van der Waals surface area contributed by atoms with Gasteiger partial charge in [0.05, 0.1) is 0 Å². The van der Waals surface area contributed by atoms with Crippen LogP contribution in [0.15, 0.2) is 48.8 Å². The Kier molecular flexibility index (Phi) is 6.71. The molecule has 0 aliphatic rings. The molecule has 2 aromatic rings. The summed E-state index contributed by atoms with van der Waals surface area (Å²) in [4.78, 5) is 4.07. The molecule has 1 atom stereocenters. The van der Waals surface area contributed by atoms with Crippen molar-refractivity contribution in [3.05, 3.63) is 64.9 Å². The Morgan fingerprint density at radius 2 is 1.95 bits per heavy atom. The first kappa shape index (κ1) is 16.0. The van der Waals surface area contributed by atoms with E-state index >= 15 is 0 Å². The van der Waals surface area contributed by atoms with Gasteiger partial charge in [-0.3, -0.25) is 4.98 Å². The molecule has 2 nitrogen and oxygen atoms in total. The molecule has 1 unspecified atom stereocenters. The Morgan fingerprint density at radius 3 is 2.67 bits per heavy atom. The summed E-state index contributed by atoms with van der Waals surface area (Å²) in [7, 11) is 0. The van der Waals surface area contributed by atoms with E-state index in [0.717, 1.165) is 37.3 Å². The predicted octanol–water partition coefficient (Wildman–Crippen LogP) is 4.28. The number of aromatic nitrogens is 1. The Bertz CT molecular complexity index is 528. The van der Waals surface area contributed by atoms with E-state index in [0.29, 0.717) is 6.04 Å². The van der Waals surface area contributed by atoms with E-state index in [1.807, 2.05) is 24.5 Å². The van der Waals surface area contributed by atoms with E-state index in [1.165, 1.54) is 11.1 Å². The fourth-order valence-electron chi connectivity index (χ4n) is 2.46. The van der Waals surface area contributed by atoms with Crippen molar-refractivity contribution in [2.24, 2.45) is 0 Å². The van der Waals surface area contributed by atoms with Gasteiger partial charge in [-0.15, -0.1) is 0 Å². The summed E-state index contributed by atoms with van der Waals surface area (Å²) in [6.07, 6.45) is 8.09. The molecule has 21 heavy (non-hydrogen) atoms. The molecule has 1 aromatic heterocycles. The molecule has 0 saturated carbocycles. The number of pyridine rings is 1. The van der Waals surface area contributed by atoms with Gasteiger partial charge in [-0.2, -0.15) is 0 Å². The van der Waals surface area contributed by atoms with Gasteiger partial charge in [0.25, 0.3) is 0 Å². The molecule has 1 aromatic carbocycles. The van der Waals surface area contributed by atoms with Crippen LogP contribution in [0.4, 0.5) is 0 Å². The fourth-order valence-corrected chi connectivity index (χ4v) is 2.68. The van der Waals surface area contributed by atoms with Crippen LogP contribution in [0, 0.1) is 0 Å². The van der Waals surface area contributed by atoms with Gasteiger partial charge in [0, 0.05) is 23.5 Å². The van der Waals surface area contributed by atoms with Gasteiger partial charge in [0.2, 0.25) is 0 Å². The molecule has 2 rings (SSSR count). The molecule has 0 saturated heterocycles. The third-order valence-electron chi connectivity index (χ3n) is 3.58. The van der Waals surface area contributed by atoms with Crippen molar-refractivity contribution in [1.82, 2.24) is 10.3 Å². The van der Waals surface area contributed by atoms with Crippen LogP contribution >= 0.6 is 11.6 Å². The summed E-state index contributed by atoms with van der Waals surface area (Å²) in [5.74, 6) is 0. The first-order valence-corrected chi connectivity index (χ1v) is 8.02. The molecule has 0 bridgehead atoms. The molecule has 3 heteroatoms. The second-order valence-corrected chi connectivity index (χ2v) is 5.82. The van der Waals surface area contributed by atoms with Crippen LogP contribution in [-0.4, -0.2) is 17.6 Å². The van der Waals surface area contributed by atoms with Crippen LogP contribution < -0.4 is 5.32 Å². The van der Waals surface area contributed by atoms with Crippen molar-refractivity contribution in [3.8, 4) is 0 Å². The summed E-state index contributed by atoms with van der Waals surface area (Å²) >= 11 is 6.08. The lowest BCUT2D eigenvalue weighted by molar-refractivity contribution is 0.477. The first-order valence-electron chi connectivity index (χ1n) is 7.64. The van der Waals surface area contributed by atoms with E-state index in [2.05, 4.69) is 41.5 Å². The maximum Gasteiger partial charge on any atom is 0.0408 e. The fraction of sp³-hybridized carbons (Fsp3) is 0.389. The second-order valence-electron chi connectivity index (χ2n) is 5.38. The molecular formula is C18H23ClN2. The Labute approximate surface area is 132 Å². The zero-order chi connectivity index (χ0) is 14.9. The van der Waals surface area contributed by atoms with Crippen molar-refractivity contribution in [2.75, 3.05) is 6.54 Å². The first-order chi connectivity index (χ1) is 10.3. The van der Waals surface area contributed by atoms with E-state index in [9.17, 15) is 0 Å².